The van der Waals surface area contributed by atoms with Crippen molar-refractivity contribution in [3.8, 4) is 0 Å². The Balaban J connectivity index is 3.13. The smallest absolute Gasteiger partial charge is 0.251 e. The molecule has 0 aliphatic heterocycles. The summed E-state index contributed by atoms with van der Waals surface area (Å²) in [5, 5.41) is 2.55. The van der Waals surface area contributed by atoms with Crippen molar-refractivity contribution in [3.05, 3.63) is 29.3 Å². The summed E-state index contributed by atoms with van der Waals surface area (Å²) < 4.78 is 0. The molecule has 0 unspecified atom stereocenters. The molecule has 0 atom stereocenters. The molecule has 0 saturated heterocycles. The van der Waals surface area contributed by atoms with Crippen LogP contribution in [-0.4, -0.2) is 13.0 Å². The van der Waals surface area contributed by atoms with E-state index in [0.29, 0.717) is 11.3 Å². The van der Waals surface area contributed by atoms with Gasteiger partial charge in [-0.2, -0.15) is 0 Å². The SMILES string of the molecule is CNC(=O)c1cc(N)ccc1C. The molecule has 1 aromatic rings. The van der Waals surface area contributed by atoms with Crippen LogP contribution in [0.15, 0.2) is 18.2 Å². The summed E-state index contributed by atoms with van der Waals surface area (Å²) in [5.41, 5.74) is 7.72. The molecule has 0 bridgehead atoms. The molecule has 0 aromatic heterocycles. The molecule has 0 saturated carbocycles. The Kier molecular flexibility index (Phi) is 2.33. The van der Waals surface area contributed by atoms with Gasteiger partial charge in [-0.1, -0.05) is 6.07 Å². The van der Waals surface area contributed by atoms with Gasteiger partial charge in [0.25, 0.3) is 5.91 Å². The topological polar surface area (TPSA) is 55.1 Å². The second-order valence-electron chi connectivity index (χ2n) is 2.65. The van der Waals surface area contributed by atoms with E-state index in [0.717, 1.165) is 5.56 Å². The first-order valence-corrected chi connectivity index (χ1v) is 3.73. The molecule has 3 heteroatoms. The number of aryl methyl sites for hydroxylation is 1. The lowest BCUT2D eigenvalue weighted by Gasteiger charge is -2.04. The van der Waals surface area contributed by atoms with Gasteiger partial charge >= 0.3 is 0 Å². The standard InChI is InChI=1S/C9H12N2O/c1-6-3-4-7(10)5-8(6)9(12)11-2/h3-5H,10H2,1-2H3,(H,11,12). The summed E-state index contributed by atoms with van der Waals surface area (Å²) in [5.74, 6) is -0.0974. The third-order valence-electron chi connectivity index (χ3n) is 1.73. The highest BCUT2D eigenvalue weighted by atomic mass is 16.1. The van der Waals surface area contributed by atoms with Crippen molar-refractivity contribution in [2.45, 2.75) is 6.92 Å². The van der Waals surface area contributed by atoms with E-state index in [1.807, 2.05) is 13.0 Å². The number of benzene rings is 1. The summed E-state index contributed by atoms with van der Waals surface area (Å²) in [7, 11) is 1.60. The van der Waals surface area contributed by atoms with Crippen LogP contribution in [0, 0.1) is 6.92 Å². The van der Waals surface area contributed by atoms with Gasteiger partial charge in [0.1, 0.15) is 0 Å². The number of anilines is 1. The Morgan fingerprint density at radius 2 is 2.17 bits per heavy atom. The lowest BCUT2D eigenvalue weighted by Crippen LogP contribution is -2.19. The number of nitrogens with one attached hydrogen (secondary N) is 1. The normalized spacial score (nSPS) is 9.50. The van der Waals surface area contributed by atoms with Crippen molar-refractivity contribution >= 4 is 11.6 Å². The molecule has 0 aliphatic carbocycles. The summed E-state index contributed by atoms with van der Waals surface area (Å²) in [6.07, 6.45) is 0. The Bertz CT molecular complexity index is 307. The van der Waals surface area contributed by atoms with E-state index in [2.05, 4.69) is 5.32 Å². The second-order valence-corrected chi connectivity index (χ2v) is 2.65. The van der Waals surface area contributed by atoms with Crippen molar-refractivity contribution in [1.29, 1.82) is 0 Å². The Hall–Kier alpha value is -1.51. The van der Waals surface area contributed by atoms with Crippen molar-refractivity contribution in [3.63, 3.8) is 0 Å². The van der Waals surface area contributed by atoms with E-state index >= 15 is 0 Å². The van der Waals surface area contributed by atoms with E-state index in [4.69, 9.17) is 5.73 Å². The minimum Gasteiger partial charge on any atom is -0.399 e. The number of nitrogen functional groups attached to an aromatic ring is 1. The summed E-state index contributed by atoms with van der Waals surface area (Å²) in [6.45, 7) is 1.88. The predicted molar refractivity (Wildman–Crippen MR) is 49.0 cm³/mol. The number of hydrogen-bond donors (Lipinski definition) is 2. The largest absolute Gasteiger partial charge is 0.399 e. The van der Waals surface area contributed by atoms with Gasteiger partial charge in [0.2, 0.25) is 0 Å². The molecule has 0 radical (unpaired) electrons. The van der Waals surface area contributed by atoms with Gasteiger partial charge in [-0.05, 0) is 24.6 Å². The summed E-state index contributed by atoms with van der Waals surface area (Å²) >= 11 is 0. The Labute approximate surface area is 71.6 Å². The monoisotopic (exact) mass is 164 g/mol. The third-order valence-corrected chi connectivity index (χ3v) is 1.73. The van der Waals surface area contributed by atoms with Gasteiger partial charge in [-0.15, -0.1) is 0 Å². The average molecular weight is 164 g/mol. The minimum atomic E-state index is -0.0974. The lowest BCUT2D eigenvalue weighted by atomic mass is 10.1. The summed E-state index contributed by atoms with van der Waals surface area (Å²) in [6, 6.07) is 5.29. The molecule has 1 amide bonds. The van der Waals surface area contributed by atoms with Crippen LogP contribution in [0.25, 0.3) is 0 Å². The molecule has 64 valence electrons. The molecular formula is C9H12N2O. The number of hydrogen-bond acceptors (Lipinski definition) is 2. The van der Waals surface area contributed by atoms with E-state index < -0.39 is 0 Å². The lowest BCUT2D eigenvalue weighted by molar-refractivity contribution is 0.0962. The maximum atomic E-state index is 11.2. The maximum absolute atomic E-state index is 11.2. The fourth-order valence-electron chi connectivity index (χ4n) is 1.02. The average Bonchev–Trinajstić information content (AvgIpc) is 2.08. The van der Waals surface area contributed by atoms with E-state index in [9.17, 15) is 4.79 Å². The van der Waals surface area contributed by atoms with Crippen LogP contribution < -0.4 is 11.1 Å². The highest BCUT2D eigenvalue weighted by Crippen LogP contribution is 2.11. The molecule has 0 spiro atoms. The number of carbonyl (C=O) groups is 1. The summed E-state index contributed by atoms with van der Waals surface area (Å²) in [4.78, 5) is 11.2. The van der Waals surface area contributed by atoms with Crippen LogP contribution in [0.1, 0.15) is 15.9 Å². The second kappa shape index (κ2) is 3.26. The molecular weight excluding hydrogens is 152 g/mol. The van der Waals surface area contributed by atoms with Crippen LogP contribution in [-0.2, 0) is 0 Å². The number of rotatable bonds is 1. The van der Waals surface area contributed by atoms with Gasteiger partial charge in [0, 0.05) is 18.3 Å². The van der Waals surface area contributed by atoms with Crippen molar-refractivity contribution in [2.75, 3.05) is 12.8 Å². The zero-order valence-corrected chi connectivity index (χ0v) is 7.22. The number of amides is 1. The molecule has 0 fully saturated rings. The van der Waals surface area contributed by atoms with Gasteiger partial charge in [0.15, 0.2) is 0 Å². The fourth-order valence-corrected chi connectivity index (χ4v) is 1.02. The molecule has 0 heterocycles. The third kappa shape index (κ3) is 1.56. The molecule has 3 nitrogen and oxygen atoms in total. The molecule has 1 rings (SSSR count). The highest BCUT2D eigenvalue weighted by Gasteiger charge is 2.05. The van der Waals surface area contributed by atoms with Crippen LogP contribution in [0.5, 0.6) is 0 Å². The first-order chi connectivity index (χ1) is 5.65. The predicted octanol–water partition coefficient (Wildman–Crippen LogP) is 0.937. The zero-order valence-electron chi connectivity index (χ0n) is 7.22. The Morgan fingerprint density at radius 3 is 2.75 bits per heavy atom. The Morgan fingerprint density at radius 1 is 1.50 bits per heavy atom. The fraction of sp³-hybridized carbons (Fsp3) is 0.222. The van der Waals surface area contributed by atoms with Gasteiger partial charge in [0.05, 0.1) is 0 Å². The van der Waals surface area contributed by atoms with Crippen LogP contribution in [0.2, 0.25) is 0 Å². The molecule has 3 N–H and O–H groups in total. The van der Waals surface area contributed by atoms with E-state index in [-0.39, 0.29) is 5.91 Å². The van der Waals surface area contributed by atoms with Crippen LogP contribution >= 0.6 is 0 Å². The van der Waals surface area contributed by atoms with Crippen molar-refractivity contribution in [2.24, 2.45) is 0 Å². The highest BCUT2D eigenvalue weighted by molar-refractivity contribution is 5.96. The van der Waals surface area contributed by atoms with Gasteiger partial charge in [-0.3, -0.25) is 4.79 Å². The number of carbonyl (C=O) groups excluding carboxylic acids is 1. The van der Waals surface area contributed by atoms with E-state index in [1.165, 1.54) is 0 Å². The zero-order chi connectivity index (χ0) is 9.14. The van der Waals surface area contributed by atoms with Gasteiger partial charge in [-0.25, -0.2) is 0 Å². The van der Waals surface area contributed by atoms with Crippen molar-refractivity contribution in [1.82, 2.24) is 5.32 Å². The quantitative estimate of drug-likeness (QED) is 0.607. The first kappa shape index (κ1) is 8.59. The molecule has 0 aliphatic rings. The van der Waals surface area contributed by atoms with Crippen LogP contribution in [0.3, 0.4) is 0 Å². The molecule has 12 heavy (non-hydrogen) atoms. The minimum absolute atomic E-state index is 0.0974. The van der Waals surface area contributed by atoms with E-state index in [1.54, 1.807) is 19.2 Å². The molecule has 1 aromatic carbocycles. The van der Waals surface area contributed by atoms with Crippen LogP contribution in [0.4, 0.5) is 5.69 Å². The first-order valence-electron chi connectivity index (χ1n) is 3.73. The van der Waals surface area contributed by atoms with Crippen molar-refractivity contribution < 1.29 is 4.79 Å². The maximum Gasteiger partial charge on any atom is 0.251 e. The van der Waals surface area contributed by atoms with Gasteiger partial charge < -0.3 is 11.1 Å². The number of nitrogens with two attached hydrogens (primary N) is 1.